The molecule has 4 nitrogen and oxygen atoms in total. The molecular formula is C13H28N2O2. The van der Waals surface area contributed by atoms with Crippen molar-refractivity contribution in [3.05, 3.63) is 0 Å². The third-order valence-electron chi connectivity index (χ3n) is 2.99. The number of hydrogen-bond acceptors (Lipinski definition) is 3. The first kappa shape index (κ1) is 16.4. The Kier molecular flexibility index (Phi) is 8.17. The van der Waals surface area contributed by atoms with Crippen molar-refractivity contribution >= 4 is 5.97 Å². The number of carboxylic acid groups (broad SMARTS) is 1. The van der Waals surface area contributed by atoms with Gasteiger partial charge in [-0.25, -0.2) is 0 Å². The average molecular weight is 244 g/mol. The van der Waals surface area contributed by atoms with Gasteiger partial charge in [0.1, 0.15) is 6.04 Å². The Bertz CT molecular complexity index is 219. The van der Waals surface area contributed by atoms with Crippen LogP contribution in [-0.4, -0.2) is 47.7 Å². The lowest BCUT2D eigenvalue weighted by atomic mass is 10.1. The number of carboxylic acids is 1. The Morgan fingerprint density at radius 1 is 1.24 bits per heavy atom. The highest BCUT2D eigenvalue weighted by Gasteiger charge is 2.21. The Morgan fingerprint density at radius 2 is 1.82 bits per heavy atom. The van der Waals surface area contributed by atoms with Crippen molar-refractivity contribution in [1.29, 1.82) is 0 Å². The van der Waals surface area contributed by atoms with Crippen molar-refractivity contribution in [3.8, 4) is 0 Å². The highest BCUT2D eigenvalue weighted by molar-refractivity contribution is 5.73. The van der Waals surface area contributed by atoms with Gasteiger partial charge in [-0.1, -0.05) is 41.0 Å². The monoisotopic (exact) mass is 244 g/mol. The number of hydrogen-bond donors (Lipinski definition) is 2. The summed E-state index contributed by atoms with van der Waals surface area (Å²) in [6.45, 7) is 12.8. The second-order valence-corrected chi connectivity index (χ2v) is 5.08. The first-order valence-corrected chi connectivity index (χ1v) is 6.61. The predicted molar refractivity (Wildman–Crippen MR) is 71.3 cm³/mol. The van der Waals surface area contributed by atoms with Gasteiger partial charge in [0.25, 0.3) is 0 Å². The van der Waals surface area contributed by atoms with Crippen LogP contribution in [0.4, 0.5) is 0 Å². The Morgan fingerprint density at radius 3 is 2.18 bits per heavy atom. The Hall–Kier alpha value is -0.610. The molecule has 0 radical (unpaired) electrons. The number of aliphatic carboxylic acids is 1. The summed E-state index contributed by atoms with van der Waals surface area (Å²) in [5, 5.41) is 12.3. The molecule has 2 unspecified atom stereocenters. The summed E-state index contributed by atoms with van der Waals surface area (Å²) in [6, 6.07) is -0.280. The van der Waals surface area contributed by atoms with Crippen LogP contribution >= 0.6 is 0 Å². The molecule has 0 fully saturated rings. The molecule has 0 saturated carbocycles. The molecule has 0 bridgehead atoms. The fourth-order valence-corrected chi connectivity index (χ4v) is 1.77. The van der Waals surface area contributed by atoms with E-state index in [0.29, 0.717) is 12.5 Å². The van der Waals surface area contributed by atoms with Crippen molar-refractivity contribution in [2.45, 2.75) is 53.1 Å². The quantitative estimate of drug-likeness (QED) is 0.649. The van der Waals surface area contributed by atoms with Crippen molar-refractivity contribution in [1.82, 2.24) is 10.2 Å². The first-order chi connectivity index (χ1) is 7.90. The van der Waals surface area contributed by atoms with E-state index in [1.54, 1.807) is 0 Å². The third kappa shape index (κ3) is 7.34. The van der Waals surface area contributed by atoms with Crippen LogP contribution in [0.2, 0.25) is 0 Å². The molecule has 0 aliphatic carbocycles. The lowest BCUT2D eigenvalue weighted by molar-refractivity contribution is -0.140. The van der Waals surface area contributed by atoms with E-state index in [1.807, 2.05) is 13.8 Å². The Balaban J connectivity index is 4.33. The minimum Gasteiger partial charge on any atom is -0.480 e. The second-order valence-electron chi connectivity index (χ2n) is 5.08. The molecule has 0 aliphatic heterocycles. The van der Waals surface area contributed by atoms with Gasteiger partial charge in [0, 0.05) is 19.1 Å². The number of nitrogens with one attached hydrogen (secondary N) is 1. The van der Waals surface area contributed by atoms with Crippen LogP contribution in [0.3, 0.4) is 0 Å². The lowest BCUT2D eigenvalue weighted by Gasteiger charge is -2.28. The van der Waals surface area contributed by atoms with Gasteiger partial charge < -0.3 is 15.3 Å². The van der Waals surface area contributed by atoms with Crippen molar-refractivity contribution in [2.75, 3.05) is 19.6 Å². The van der Waals surface area contributed by atoms with Gasteiger partial charge in [0.15, 0.2) is 0 Å². The minimum atomic E-state index is -0.763. The summed E-state index contributed by atoms with van der Waals surface area (Å²) >= 11 is 0. The summed E-state index contributed by atoms with van der Waals surface area (Å²) in [4.78, 5) is 13.4. The fraction of sp³-hybridized carbons (Fsp3) is 0.923. The smallest absolute Gasteiger partial charge is 0.322 e. The minimum absolute atomic E-state index is 0.193. The maximum atomic E-state index is 11.2. The summed E-state index contributed by atoms with van der Waals surface area (Å²) < 4.78 is 0. The summed E-state index contributed by atoms with van der Waals surface area (Å²) in [5.74, 6) is -0.148. The van der Waals surface area contributed by atoms with E-state index in [1.165, 1.54) is 0 Å². The fourth-order valence-electron chi connectivity index (χ4n) is 1.77. The van der Waals surface area contributed by atoms with E-state index in [4.69, 9.17) is 5.11 Å². The summed E-state index contributed by atoms with van der Waals surface area (Å²) in [7, 11) is 0. The summed E-state index contributed by atoms with van der Waals surface area (Å²) in [6.07, 6.45) is 1.13. The van der Waals surface area contributed by atoms with Crippen LogP contribution in [0.5, 0.6) is 0 Å². The van der Waals surface area contributed by atoms with Crippen molar-refractivity contribution in [2.24, 2.45) is 5.92 Å². The molecule has 102 valence electrons. The normalized spacial score (nSPS) is 15.2. The van der Waals surface area contributed by atoms with Gasteiger partial charge in [-0.2, -0.15) is 0 Å². The maximum absolute atomic E-state index is 11.2. The Labute approximate surface area is 105 Å². The van der Waals surface area contributed by atoms with E-state index in [2.05, 4.69) is 31.0 Å². The topological polar surface area (TPSA) is 52.6 Å². The zero-order valence-electron chi connectivity index (χ0n) is 11.9. The number of carbonyl (C=O) groups is 1. The molecule has 4 heteroatoms. The average Bonchev–Trinajstić information content (AvgIpc) is 2.25. The van der Waals surface area contributed by atoms with Gasteiger partial charge in [-0.15, -0.1) is 0 Å². The number of likely N-dealkylation sites (N-methyl/N-ethyl adjacent to an activating group) is 1. The molecule has 0 spiro atoms. The maximum Gasteiger partial charge on any atom is 0.322 e. The number of rotatable bonds is 9. The van der Waals surface area contributed by atoms with Crippen molar-refractivity contribution < 1.29 is 9.90 Å². The standard InChI is InChI=1S/C13H28N2O2/c1-6-11(5)8-15(7-2)9-12(13(16)17)14-10(3)4/h10-12,14H,6-9H2,1-5H3,(H,16,17). The van der Waals surface area contributed by atoms with E-state index in [-0.39, 0.29) is 6.04 Å². The van der Waals surface area contributed by atoms with Gasteiger partial charge in [-0.3, -0.25) is 4.79 Å². The van der Waals surface area contributed by atoms with Crippen LogP contribution < -0.4 is 5.32 Å². The molecule has 0 aromatic heterocycles. The molecular weight excluding hydrogens is 216 g/mol. The molecule has 0 aromatic carbocycles. The molecule has 0 aliphatic rings. The van der Waals surface area contributed by atoms with Crippen LogP contribution in [-0.2, 0) is 4.79 Å². The number of nitrogens with zero attached hydrogens (tertiary/aromatic N) is 1. The van der Waals surface area contributed by atoms with Crippen LogP contribution in [0.1, 0.15) is 41.0 Å². The van der Waals surface area contributed by atoms with E-state index < -0.39 is 12.0 Å². The van der Waals surface area contributed by atoms with Gasteiger partial charge in [-0.05, 0) is 12.5 Å². The largest absolute Gasteiger partial charge is 0.480 e. The van der Waals surface area contributed by atoms with E-state index in [9.17, 15) is 4.79 Å². The van der Waals surface area contributed by atoms with Crippen LogP contribution in [0.15, 0.2) is 0 Å². The zero-order valence-corrected chi connectivity index (χ0v) is 11.9. The first-order valence-electron chi connectivity index (χ1n) is 6.61. The van der Waals surface area contributed by atoms with Crippen LogP contribution in [0, 0.1) is 5.92 Å². The molecule has 0 saturated heterocycles. The lowest BCUT2D eigenvalue weighted by Crippen LogP contribution is -2.49. The molecule has 2 N–H and O–H groups in total. The molecule has 0 amide bonds. The third-order valence-corrected chi connectivity index (χ3v) is 2.99. The molecule has 2 atom stereocenters. The van der Waals surface area contributed by atoms with Crippen LogP contribution in [0.25, 0.3) is 0 Å². The second kappa shape index (κ2) is 8.48. The molecule has 0 rings (SSSR count). The van der Waals surface area contributed by atoms with Gasteiger partial charge >= 0.3 is 5.97 Å². The highest BCUT2D eigenvalue weighted by atomic mass is 16.4. The molecule has 0 heterocycles. The summed E-state index contributed by atoms with van der Waals surface area (Å²) in [5.41, 5.74) is 0. The van der Waals surface area contributed by atoms with Gasteiger partial charge in [0.05, 0.1) is 0 Å². The highest BCUT2D eigenvalue weighted by Crippen LogP contribution is 2.05. The van der Waals surface area contributed by atoms with E-state index in [0.717, 1.165) is 19.5 Å². The predicted octanol–water partition coefficient (Wildman–Crippen LogP) is 1.81. The van der Waals surface area contributed by atoms with E-state index >= 15 is 0 Å². The van der Waals surface area contributed by atoms with Crippen molar-refractivity contribution in [3.63, 3.8) is 0 Å². The zero-order chi connectivity index (χ0) is 13.4. The molecule has 0 aromatic rings. The van der Waals surface area contributed by atoms with Gasteiger partial charge in [0.2, 0.25) is 0 Å². The SMILES string of the molecule is CCC(C)CN(CC)CC(NC(C)C)C(=O)O. The molecule has 17 heavy (non-hydrogen) atoms.